The molecule has 2 aliphatic carbocycles. The summed E-state index contributed by atoms with van der Waals surface area (Å²) in [7, 11) is -15.6. The minimum atomic E-state index is -3.93. The molecule has 408 valence electrons. The Labute approximate surface area is 457 Å². The van der Waals surface area contributed by atoms with Gasteiger partial charge in [0.25, 0.3) is 0 Å². The lowest BCUT2D eigenvalue weighted by molar-refractivity contribution is 0.353. The van der Waals surface area contributed by atoms with Crippen LogP contribution in [0.1, 0.15) is 133 Å². The lowest BCUT2D eigenvalue weighted by Crippen LogP contribution is -2.35. The van der Waals surface area contributed by atoms with E-state index in [1.165, 1.54) is 0 Å². The van der Waals surface area contributed by atoms with Crippen LogP contribution >= 0.6 is 0 Å². The Balaban J connectivity index is 1.30. The van der Waals surface area contributed by atoms with Gasteiger partial charge in [-0.1, -0.05) is 170 Å². The van der Waals surface area contributed by atoms with Crippen LogP contribution in [-0.4, -0.2) is 54.7 Å². The topological polar surface area (TPSA) is 137 Å². The number of hydrogen-bond donors (Lipinski definition) is 0. The Hall–Kier alpha value is -5.14. The van der Waals surface area contributed by atoms with Gasteiger partial charge in [-0.15, -0.1) is 0 Å². The van der Waals surface area contributed by atoms with Crippen molar-refractivity contribution in [3.8, 4) is 0 Å². The first-order valence-electron chi connectivity index (χ1n) is 26.6. The standard InChI is InChI=1S/C64H80O8S4/c1-47(43-57(73(65,66)53-31-15-11-16-32-53)40-39-52(6)62(61-51(5)30-26-42-64(61,9)10)76(71,72)56-37-21-14-22-38-56)27-23-24-28-48(2)44-58(74(67,68)54-33-17-12-18-34-54)45-49(3)46-59(60-50(4)29-25-41-63(60,7)8)75(69,70)55-35-19-13-20-36-55/h11-24,27-28,31-39,45,57-59,62H,25-26,29-30,40-44,46H2,1-10H3/b24-23+,47-27+,48-28+,49-45+,52-39+. The van der Waals surface area contributed by atoms with Gasteiger partial charge in [-0.25, -0.2) is 33.7 Å². The van der Waals surface area contributed by atoms with Crippen LogP contribution < -0.4 is 0 Å². The zero-order valence-electron chi connectivity index (χ0n) is 46.3. The SMILES string of the molecule is CC1=C(C(C/C(C)=C/C(C/C(C)=C/C=C/C=C(\C)CC(C/C=C(\C)C(C2=C(C)CCCC2(C)C)S(=O)(=O)c2ccccc2)S(=O)(=O)c2ccccc2)S(=O)(=O)c2ccccc2)S(=O)(=O)c2ccccc2)C(C)(C)CCC1. The lowest BCUT2D eigenvalue weighted by atomic mass is 9.70. The average Bonchev–Trinajstić information content (AvgIpc) is 3.37. The Kier molecular flexibility index (Phi) is 19.9. The van der Waals surface area contributed by atoms with Gasteiger partial charge in [0.1, 0.15) is 5.25 Å². The van der Waals surface area contributed by atoms with Crippen LogP contribution in [0, 0.1) is 10.8 Å². The second-order valence-corrected chi connectivity index (χ2v) is 31.1. The Morgan fingerprint density at radius 3 is 1.33 bits per heavy atom. The molecule has 76 heavy (non-hydrogen) atoms. The molecule has 12 heteroatoms. The largest absolute Gasteiger partial charge is 0.223 e. The summed E-state index contributed by atoms with van der Waals surface area (Å²) in [4.78, 5) is 0.835. The Bertz CT molecular complexity index is 3360. The van der Waals surface area contributed by atoms with E-state index in [0.29, 0.717) is 11.1 Å². The van der Waals surface area contributed by atoms with E-state index in [1.807, 2.05) is 71.9 Å². The van der Waals surface area contributed by atoms with Gasteiger partial charge < -0.3 is 0 Å². The molecule has 4 aromatic carbocycles. The summed E-state index contributed by atoms with van der Waals surface area (Å²) in [6.45, 7) is 19.9. The van der Waals surface area contributed by atoms with E-state index < -0.39 is 60.3 Å². The second-order valence-electron chi connectivity index (χ2n) is 22.5. The van der Waals surface area contributed by atoms with E-state index in [9.17, 15) is 33.7 Å². The molecule has 4 unspecified atom stereocenters. The first kappa shape index (κ1) is 60.1. The average molecular weight is 1110 g/mol. The van der Waals surface area contributed by atoms with E-state index in [4.69, 9.17) is 0 Å². The maximum Gasteiger partial charge on any atom is 0.188 e. The number of sulfone groups is 4. The third kappa shape index (κ3) is 14.3. The van der Waals surface area contributed by atoms with Gasteiger partial charge in [-0.05, 0) is 176 Å². The van der Waals surface area contributed by atoms with E-state index in [-0.39, 0.29) is 56.1 Å². The number of rotatable bonds is 22. The monoisotopic (exact) mass is 1100 g/mol. The third-order valence-corrected chi connectivity index (χ3v) is 24.0. The van der Waals surface area contributed by atoms with Gasteiger partial charge >= 0.3 is 0 Å². The van der Waals surface area contributed by atoms with Crippen molar-refractivity contribution in [2.24, 2.45) is 10.8 Å². The van der Waals surface area contributed by atoms with Gasteiger partial charge in [-0.2, -0.15) is 0 Å². The van der Waals surface area contributed by atoms with Crippen LogP contribution in [0.4, 0.5) is 0 Å². The highest BCUT2D eigenvalue weighted by Gasteiger charge is 2.43. The third-order valence-electron chi connectivity index (χ3n) is 15.5. The highest BCUT2D eigenvalue weighted by atomic mass is 32.2. The van der Waals surface area contributed by atoms with Crippen molar-refractivity contribution >= 4 is 39.3 Å². The molecule has 0 aromatic heterocycles. The molecule has 0 fully saturated rings. The van der Waals surface area contributed by atoms with Crippen LogP contribution in [-0.2, 0) is 39.3 Å². The molecule has 4 atom stereocenters. The van der Waals surface area contributed by atoms with E-state index in [1.54, 1.807) is 127 Å². The first-order chi connectivity index (χ1) is 35.7. The molecule has 8 nitrogen and oxygen atoms in total. The maximum atomic E-state index is 14.7. The summed E-state index contributed by atoms with van der Waals surface area (Å²) >= 11 is 0. The lowest BCUT2D eigenvalue weighted by Gasteiger charge is -2.39. The minimum absolute atomic E-state index is 0.0860. The second kappa shape index (κ2) is 25.1. The van der Waals surface area contributed by atoms with Crippen molar-refractivity contribution in [2.45, 2.75) is 174 Å². The predicted octanol–water partition coefficient (Wildman–Crippen LogP) is 15.3. The minimum Gasteiger partial charge on any atom is -0.223 e. The first-order valence-corrected chi connectivity index (χ1v) is 32.8. The summed E-state index contributed by atoms with van der Waals surface area (Å²) in [5.41, 5.74) is 6.00. The highest BCUT2D eigenvalue weighted by molar-refractivity contribution is 7.93. The molecule has 0 radical (unpaired) electrons. The van der Waals surface area contributed by atoms with Crippen molar-refractivity contribution in [2.75, 3.05) is 0 Å². The molecule has 4 aromatic rings. The fraction of sp³-hybridized carbons (Fsp3) is 0.406. The molecule has 0 heterocycles. The van der Waals surface area contributed by atoms with Gasteiger partial charge in [0.05, 0.1) is 35.3 Å². The summed E-state index contributed by atoms with van der Waals surface area (Å²) in [6, 6.07) is 33.7. The summed E-state index contributed by atoms with van der Waals surface area (Å²) in [5, 5.41) is -3.74. The summed E-state index contributed by atoms with van der Waals surface area (Å²) in [5.74, 6) is 0. The molecule has 0 saturated heterocycles. The van der Waals surface area contributed by atoms with Gasteiger partial charge in [0.15, 0.2) is 39.3 Å². The fourth-order valence-corrected chi connectivity index (χ4v) is 19.5. The van der Waals surface area contributed by atoms with E-state index in [0.717, 1.165) is 72.0 Å². The molecule has 2 aliphatic rings. The number of allylic oxidation sites excluding steroid dienone is 10. The number of hydrogen-bond acceptors (Lipinski definition) is 8. The van der Waals surface area contributed by atoms with Crippen molar-refractivity contribution in [1.29, 1.82) is 0 Å². The van der Waals surface area contributed by atoms with Crippen LogP contribution in [0.2, 0.25) is 0 Å². The van der Waals surface area contributed by atoms with Crippen molar-refractivity contribution in [1.82, 2.24) is 0 Å². The fourth-order valence-electron chi connectivity index (χ4n) is 11.6. The maximum absolute atomic E-state index is 14.7. The smallest absolute Gasteiger partial charge is 0.188 e. The summed E-state index contributed by atoms with van der Waals surface area (Å²) < 4.78 is 117. The van der Waals surface area contributed by atoms with Gasteiger partial charge in [0, 0.05) is 0 Å². The Morgan fingerprint density at radius 1 is 0.487 bits per heavy atom. The van der Waals surface area contributed by atoms with E-state index in [2.05, 4.69) is 27.7 Å². The zero-order chi connectivity index (χ0) is 55.7. The van der Waals surface area contributed by atoms with Crippen LogP contribution in [0.15, 0.2) is 222 Å². The van der Waals surface area contributed by atoms with Crippen LogP contribution in [0.3, 0.4) is 0 Å². The quantitative estimate of drug-likeness (QED) is 0.0560. The summed E-state index contributed by atoms with van der Waals surface area (Å²) in [6.07, 6.45) is 16.7. The van der Waals surface area contributed by atoms with Gasteiger partial charge in [0.2, 0.25) is 0 Å². The normalized spacial score (nSPS) is 19.1. The number of benzene rings is 4. The molecule has 0 bridgehead atoms. The van der Waals surface area contributed by atoms with Crippen LogP contribution in [0.5, 0.6) is 0 Å². The van der Waals surface area contributed by atoms with Crippen molar-refractivity contribution in [3.05, 3.63) is 202 Å². The molecule has 0 aliphatic heterocycles. The molecule has 0 amide bonds. The molecule has 0 N–H and O–H groups in total. The zero-order valence-corrected chi connectivity index (χ0v) is 49.6. The van der Waals surface area contributed by atoms with Crippen molar-refractivity contribution < 1.29 is 33.7 Å². The van der Waals surface area contributed by atoms with Gasteiger partial charge in [-0.3, -0.25) is 0 Å². The molecule has 0 spiro atoms. The predicted molar refractivity (Wildman–Crippen MR) is 313 cm³/mol. The Morgan fingerprint density at radius 2 is 0.882 bits per heavy atom. The van der Waals surface area contributed by atoms with Crippen molar-refractivity contribution in [3.63, 3.8) is 0 Å². The molecule has 6 rings (SSSR count). The molecular formula is C64H80O8S4. The van der Waals surface area contributed by atoms with Crippen LogP contribution in [0.25, 0.3) is 0 Å². The highest BCUT2D eigenvalue weighted by Crippen LogP contribution is 2.48. The van der Waals surface area contributed by atoms with E-state index >= 15 is 0 Å². The molecule has 0 saturated carbocycles. The molecular weight excluding hydrogens is 1020 g/mol.